The van der Waals surface area contributed by atoms with E-state index >= 15 is 0 Å². The zero-order chi connectivity index (χ0) is 24.1. The van der Waals surface area contributed by atoms with Crippen molar-refractivity contribution in [2.75, 3.05) is 44.3 Å². The van der Waals surface area contributed by atoms with Crippen LogP contribution in [-0.4, -0.2) is 53.9 Å². The highest BCUT2D eigenvalue weighted by atomic mass is 35.5. The van der Waals surface area contributed by atoms with Crippen LogP contribution in [0.3, 0.4) is 0 Å². The van der Waals surface area contributed by atoms with Gasteiger partial charge in [-0.25, -0.2) is 4.98 Å². The molecule has 0 spiro atoms. The van der Waals surface area contributed by atoms with E-state index in [1.54, 1.807) is 6.07 Å². The molecule has 1 unspecified atom stereocenters. The number of amides is 1. The highest BCUT2D eigenvalue weighted by molar-refractivity contribution is 6.30. The van der Waals surface area contributed by atoms with Crippen molar-refractivity contribution in [3.05, 3.63) is 82.5 Å². The number of hydrogen-bond donors (Lipinski definition) is 2. The Hall–Kier alpha value is -3.13. The van der Waals surface area contributed by atoms with Crippen molar-refractivity contribution in [3.63, 3.8) is 0 Å². The highest BCUT2D eigenvalue weighted by Gasteiger charge is 2.15. The van der Waals surface area contributed by atoms with Crippen LogP contribution in [0.2, 0.25) is 5.02 Å². The molecule has 1 aliphatic heterocycles. The van der Waals surface area contributed by atoms with Gasteiger partial charge in [-0.2, -0.15) is 0 Å². The maximum absolute atomic E-state index is 12.8. The molecule has 7 nitrogen and oxygen atoms in total. The number of carbonyl (C=O) groups is 1. The topological polar surface area (TPSA) is 83.7 Å². The molecular weight excluding hydrogens is 450 g/mol. The number of aromatic nitrogens is 1. The number of ether oxygens (including phenoxy) is 1. The number of hydrogen-bond acceptors (Lipinski definition) is 6. The standard InChI is InChI=1S/C26H30ClN5O2/c1-18(34-24-15-22(27)16-29-25(24)28)21-4-3-5-23(14-21)30-26(33)20-8-6-19(7-9-20)17-32-12-10-31(2)11-13-32/h3-9,14-16,18H,10-13,17H2,1-2H3,(H2,28,29)(H,30,33). The monoisotopic (exact) mass is 479 g/mol. The van der Waals surface area contributed by atoms with Crippen molar-refractivity contribution in [3.8, 4) is 5.75 Å². The third-order valence-electron chi connectivity index (χ3n) is 5.98. The first-order valence-corrected chi connectivity index (χ1v) is 11.7. The molecule has 178 valence electrons. The molecule has 1 aromatic heterocycles. The Labute approximate surface area is 205 Å². The van der Waals surface area contributed by atoms with Crippen LogP contribution in [-0.2, 0) is 6.54 Å². The summed E-state index contributed by atoms with van der Waals surface area (Å²) in [5.74, 6) is 0.544. The Morgan fingerprint density at radius 1 is 1.15 bits per heavy atom. The second kappa shape index (κ2) is 10.9. The van der Waals surface area contributed by atoms with E-state index in [0.29, 0.717) is 22.0 Å². The van der Waals surface area contributed by atoms with Crippen molar-refractivity contribution >= 4 is 29.0 Å². The average Bonchev–Trinajstić information content (AvgIpc) is 2.83. The van der Waals surface area contributed by atoms with Gasteiger partial charge in [-0.15, -0.1) is 0 Å². The first-order valence-electron chi connectivity index (χ1n) is 11.4. The minimum absolute atomic E-state index is 0.153. The maximum atomic E-state index is 12.8. The number of nitrogens with zero attached hydrogens (tertiary/aromatic N) is 3. The summed E-state index contributed by atoms with van der Waals surface area (Å²) in [5, 5.41) is 3.43. The fraction of sp³-hybridized carbons (Fsp3) is 0.308. The summed E-state index contributed by atoms with van der Waals surface area (Å²) in [4.78, 5) is 21.6. The zero-order valence-corrected chi connectivity index (χ0v) is 20.3. The number of benzene rings is 2. The average molecular weight is 480 g/mol. The Kier molecular flexibility index (Phi) is 7.67. The van der Waals surface area contributed by atoms with Crippen LogP contribution < -0.4 is 15.8 Å². The summed E-state index contributed by atoms with van der Waals surface area (Å²) in [7, 11) is 2.15. The van der Waals surface area contributed by atoms with Crippen molar-refractivity contribution < 1.29 is 9.53 Å². The van der Waals surface area contributed by atoms with Gasteiger partial charge in [0.25, 0.3) is 5.91 Å². The molecule has 2 aromatic carbocycles. The second-order valence-electron chi connectivity index (χ2n) is 8.65. The molecule has 1 saturated heterocycles. The quantitative estimate of drug-likeness (QED) is 0.520. The van der Waals surface area contributed by atoms with E-state index in [2.05, 4.69) is 27.1 Å². The van der Waals surface area contributed by atoms with E-state index in [1.807, 2.05) is 55.5 Å². The number of nitrogen functional groups attached to an aromatic ring is 1. The van der Waals surface area contributed by atoms with E-state index in [0.717, 1.165) is 38.3 Å². The van der Waals surface area contributed by atoms with E-state index in [4.69, 9.17) is 22.1 Å². The Bertz CT molecular complexity index is 1130. The molecule has 1 fully saturated rings. The lowest BCUT2D eigenvalue weighted by Crippen LogP contribution is -2.43. The summed E-state index contributed by atoms with van der Waals surface area (Å²) in [6, 6.07) is 17.0. The molecule has 0 aliphatic carbocycles. The summed E-state index contributed by atoms with van der Waals surface area (Å²) >= 11 is 6.00. The van der Waals surface area contributed by atoms with Crippen LogP contribution in [0.4, 0.5) is 11.5 Å². The number of anilines is 2. The minimum atomic E-state index is -0.312. The number of piperazine rings is 1. The summed E-state index contributed by atoms with van der Waals surface area (Å²) in [5.41, 5.74) is 9.30. The third kappa shape index (κ3) is 6.26. The molecule has 1 atom stereocenters. The molecule has 34 heavy (non-hydrogen) atoms. The molecule has 0 saturated carbocycles. The van der Waals surface area contributed by atoms with Crippen molar-refractivity contribution in [2.24, 2.45) is 0 Å². The first kappa shape index (κ1) is 24.0. The van der Waals surface area contributed by atoms with E-state index in [9.17, 15) is 4.79 Å². The lowest BCUT2D eigenvalue weighted by Gasteiger charge is -2.32. The second-order valence-corrected chi connectivity index (χ2v) is 9.09. The van der Waals surface area contributed by atoms with E-state index < -0.39 is 0 Å². The number of rotatable bonds is 7. The van der Waals surface area contributed by atoms with Gasteiger partial charge >= 0.3 is 0 Å². The van der Waals surface area contributed by atoms with Gasteiger partial charge in [-0.1, -0.05) is 35.9 Å². The first-order chi connectivity index (χ1) is 16.4. The van der Waals surface area contributed by atoms with Gasteiger partial charge in [-0.05, 0) is 49.4 Å². The number of likely N-dealkylation sites (N-methyl/N-ethyl adjacent to an activating group) is 1. The van der Waals surface area contributed by atoms with Gasteiger partial charge in [-0.3, -0.25) is 9.69 Å². The van der Waals surface area contributed by atoms with Gasteiger partial charge in [0.15, 0.2) is 11.6 Å². The summed E-state index contributed by atoms with van der Waals surface area (Å²) in [6.45, 7) is 7.12. The molecule has 2 heterocycles. The van der Waals surface area contributed by atoms with Gasteiger partial charge in [0.1, 0.15) is 6.10 Å². The Balaban J connectivity index is 1.36. The van der Waals surface area contributed by atoms with Crippen molar-refractivity contribution in [1.82, 2.24) is 14.8 Å². The summed E-state index contributed by atoms with van der Waals surface area (Å²) < 4.78 is 5.95. The smallest absolute Gasteiger partial charge is 0.255 e. The molecule has 1 aliphatic rings. The molecule has 4 rings (SSSR count). The van der Waals surface area contributed by atoms with Crippen LogP contribution in [0.1, 0.15) is 34.5 Å². The number of nitrogens with two attached hydrogens (primary N) is 1. The minimum Gasteiger partial charge on any atom is -0.482 e. The van der Waals surface area contributed by atoms with Crippen molar-refractivity contribution in [1.29, 1.82) is 0 Å². The lowest BCUT2D eigenvalue weighted by atomic mass is 10.1. The number of carbonyl (C=O) groups excluding carboxylic acids is 1. The van der Waals surface area contributed by atoms with Crippen LogP contribution in [0, 0.1) is 0 Å². The number of pyridine rings is 1. The molecule has 1 amide bonds. The van der Waals surface area contributed by atoms with Crippen molar-refractivity contribution in [2.45, 2.75) is 19.6 Å². The molecule has 3 aromatic rings. The molecular formula is C26H30ClN5O2. The Morgan fingerprint density at radius 2 is 1.88 bits per heavy atom. The zero-order valence-electron chi connectivity index (χ0n) is 19.5. The van der Waals surface area contributed by atoms with E-state index in [-0.39, 0.29) is 17.8 Å². The van der Waals surface area contributed by atoms with Crippen LogP contribution in [0.5, 0.6) is 5.75 Å². The fourth-order valence-corrected chi connectivity index (χ4v) is 4.03. The maximum Gasteiger partial charge on any atom is 0.255 e. The van der Waals surface area contributed by atoms with Gasteiger partial charge in [0.05, 0.1) is 5.02 Å². The van der Waals surface area contributed by atoms with Gasteiger partial charge in [0.2, 0.25) is 0 Å². The lowest BCUT2D eigenvalue weighted by molar-refractivity contribution is 0.102. The fourth-order valence-electron chi connectivity index (χ4n) is 3.88. The molecule has 0 bridgehead atoms. The largest absolute Gasteiger partial charge is 0.482 e. The van der Waals surface area contributed by atoms with Gasteiger partial charge in [0, 0.05) is 56.2 Å². The van der Waals surface area contributed by atoms with E-state index in [1.165, 1.54) is 11.8 Å². The molecule has 0 radical (unpaired) electrons. The predicted molar refractivity (Wildman–Crippen MR) is 136 cm³/mol. The highest BCUT2D eigenvalue weighted by Crippen LogP contribution is 2.29. The predicted octanol–water partition coefficient (Wildman–Crippen LogP) is 4.46. The number of halogens is 1. The third-order valence-corrected chi connectivity index (χ3v) is 6.19. The molecule has 3 N–H and O–H groups in total. The number of nitrogens with one attached hydrogen (secondary N) is 1. The van der Waals surface area contributed by atoms with Gasteiger partial charge < -0.3 is 20.7 Å². The van der Waals surface area contributed by atoms with Crippen LogP contribution in [0.15, 0.2) is 60.8 Å². The Morgan fingerprint density at radius 3 is 2.62 bits per heavy atom. The van der Waals surface area contributed by atoms with Crippen LogP contribution >= 0.6 is 11.6 Å². The normalized spacial score (nSPS) is 15.6. The summed E-state index contributed by atoms with van der Waals surface area (Å²) in [6.07, 6.45) is 1.16. The SMILES string of the molecule is CC(Oc1cc(Cl)cnc1N)c1cccc(NC(=O)c2ccc(CN3CCN(C)CC3)cc2)c1. The van der Waals surface area contributed by atoms with Crippen LogP contribution in [0.25, 0.3) is 0 Å². The molecule has 8 heteroatoms.